The molecular weight excluding hydrogens is 180 g/mol. The highest BCUT2D eigenvalue weighted by Crippen LogP contribution is 2.19. The van der Waals surface area contributed by atoms with E-state index >= 15 is 0 Å². The van der Waals surface area contributed by atoms with Crippen LogP contribution in [0.4, 0.5) is 5.69 Å². The second kappa shape index (κ2) is 2.35. The predicted molar refractivity (Wildman–Crippen MR) is 41.1 cm³/mol. The Hall–Kier alpha value is -0.570. The van der Waals surface area contributed by atoms with E-state index in [4.69, 9.17) is 5.73 Å². The zero-order chi connectivity index (χ0) is 6.85. The number of pyridine rings is 1. The summed E-state index contributed by atoms with van der Waals surface area (Å²) in [5.74, 6) is 0. The van der Waals surface area contributed by atoms with E-state index in [-0.39, 0.29) is 0 Å². The first kappa shape index (κ1) is 6.55. The van der Waals surface area contributed by atoms with E-state index in [1.807, 2.05) is 13.0 Å². The van der Waals surface area contributed by atoms with Crippen molar-refractivity contribution in [1.82, 2.24) is 4.98 Å². The molecule has 1 aromatic heterocycles. The summed E-state index contributed by atoms with van der Waals surface area (Å²) in [7, 11) is 0. The number of anilines is 1. The van der Waals surface area contributed by atoms with Crippen molar-refractivity contribution in [2.45, 2.75) is 6.92 Å². The van der Waals surface area contributed by atoms with Gasteiger partial charge in [0.2, 0.25) is 0 Å². The normalized spacial score (nSPS) is 9.56. The number of aromatic nitrogens is 1. The quantitative estimate of drug-likeness (QED) is 0.671. The second-order valence-electron chi connectivity index (χ2n) is 1.79. The molecule has 0 aliphatic heterocycles. The van der Waals surface area contributed by atoms with E-state index in [2.05, 4.69) is 20.9 Å². The van der Waals surface area contributed by atoms with Gasteiger partial charge < -0.3 is 5.73 Å². The van der Waals surface area contributed by atoms with Crippen LogP contribution in [0.15, 0.2) is 16.7 Å². The number of hydrogen-bond acceptors (Lipinski definition) is 2. The molecule has 0 bridgehead atoms. The van der Waals surface area contributed by atoms with E-state index in [1.54, 1.807) is 6.20 Å². The molecule has 0 fully saturated rings. The van der Waals surface area contributed by atoms with Crippen LogP contribution in [0.25, 0.3) is 0 Å². The summed E-state index contributed by atoms with van der Waals surface area (Å²) in [6.07, 6.45) is 1.72. The topological polar surface area (TPSA) is 38.9 Å². The van der Waals surface area contributed by atoms with Gasteiger partial charge in [0.25, 0.3) is 0 Å². The number of rotatable bonds is 0. The number of nitrogens with two attached hydrogens (primary N) is 1. The molecule has 48 valence electrons. The lowest BCUT2D eigenvalue weighted by Crippen LogP contribution is -1.92. The first-order chi connectivity index (χ1) is 4.22. The third-order valence-corrected chi connectivity index (χ3v) is 1.83. The second-order valence-corrected chi connectivity index (χ2v) is 2.65. The molecule has 0 spiro atoms. The maximum atomic E-state index is 5.57. The summed E-state index contributed by atoms with van der Waals surface area (Å²) < 4.78 is 0.912. The van der Waals surface area contributed by atoms with Crippen LogP contribution in [0, 0.1) is 6.92 Å². The zero-order valence-corrected chi connectivity index (χ0v) is 6.64. The molecule has 0 amide bonds. The summed E-state index contributed by atoms with van der Waals surface area (Å²) in [5.41, 5.74) is 7.16. The van der Waals surface area contributed by atoms with Crippen LogP contribution in [0.3, 0.4) is 0 Å². The lowest BCUT2D eigenvalue weighted by Gasteiger charge is -1.98. The molecular formula is C6H7BrN2. The van der Waals surface area contributed by atoms with Crippen LogP contribution in [0.2, 0.25) is 0 Å². The summed E-state index contributed by atoms with van der Waals surface area (Å²) in [4.78, 5) is 3.98. The molecule has 0 aliphatic rings. The molecule has 2 nitrogen and oxygen atoms in total. The van der Waals surface area contributed by atoms with Crippen molar-refractivity contribution in [2.24, 2.45) is 0 Å². The van der Waals surface area contributed by atoms with Gasteiger partial charge in [-0.2, -0.15) is 0 Å². The monoisotopic (exact) mass is 186 g/mol. The van der Waals surface area contributed by atoms with Crippen LogP contribution in [0.1, 0.15) is 5.69 Å². The van der Waals surface area contributed by atoms with E-state index in [1.165, 1.54) is 0 Å². The van der Waals surface area contributed by atoms with E-state index in [0.717, 1.165) is 15.9 Å². The first-order valence-corrected chi connectivity index (χ1v) is 3.37. The smallest absolute Gasteiger partial charge is 0.0674 e. The highest BCUT2D eigenvalue weighted by atomic mass is 79.9. The lowest BCUT2D eigenvalue weighted by molar-refractivity contribution is 1.20. The van der Waals surface area contributed by atoms with Crippen LogP contribution in [-0.4, -0.2) is 4.98 Å². The van der Waals surface area contributed by atoms with Crippen molar-refractivity contribution in [3.05, 3.63) is 22.4 Å². The summed E-state index contributed by atoms with van der Waals surface area (Å²) >= 11 is 3.28. The third-order valence-electron chi connectivity index (χ3n) is 1.14. The van der Waals surface area contributed by atoms with Gasteiger partial charge in [-0.3, -0.25) is 4.98 Å². The first-order valence-electron chi connectivity index (χ1n) is 2.58. The summed E-state index contributed by atoms with van der Waals surface area (Å²) in [6.45, 7) is 1.88. The fourth-order valence-electron chi connectivity index (χ4n) is 0.547. The van der Waals surface area contributed by atoms with Crippen molar-refractivity contribution in [2.75, 3.05) is 5.73 Å². The van der Waals surface area contributed by atoms with Gasteiger partial charge in [0.1, 0.15) is 0 Å². The van der Waals surface area contributed by atoms with Crippen molar-refractivity contribution < 1.29 is 0 Å². The highest BCUT2D eigenvalue weighted by Gasteiger charge is 1.96. The number of nitrogens with zero attached hydrogens (tertiary/aromatic N) is 1. The summed E-state index contributed by atoms with van der Waals surface area (Å²) in [6, 6.07) is 1.82. The molecule has 0 saturated carbocycles. The minimum Gasteiger partial charge on any atom is -0.396 e. The Morgan fingerprint density at radius 1 is 1.67 bits per heavy atom. The summed E-state index contributed by atoms with van der Waals surface area (Å²) in [5, 5.41) is 0. The van der Waals surface area contributed by atoms with Crippen molar-refractivity contribution in [3.8, 4) is 0 Å². The molecule has 0 radical (unpaired) electrons. The molecule has 1 aromatic rings. The maximum Gasteiger partial charge on any atom is 0.0674 e. The highest BCUT2D eigenvalue weighted by molar-refractivity contribution is 9.10. The standard InChI is InChI=1S/C6H7BrN2/c1-4-6(8)5(7)2-3-9-4/h2-3H,8H2,1H3. The van der Waals surface area contributed by atoms with E-state index in [0.29, 0.717) is 0 Å². The lowest BCUT2D eigenvalue weighted by atomic mass is 10.3. The maximum absolute atomic E-state index is 5.57. The number of halogens is 1. The van der Waals surface area contributed by atoms with Crippen LogP contribution in [-0.2, 0) is 0 Å². The molecule has 3 heteroatoms. The van der Waals surface area contributed by atoms with Gasteiger partial charge in [-0.1, -0.05) is 0 Å². The Bertz CT molecular complexity index is 202. The molecule has 1 rings (SSSR count). The SMILES string of the molecule is Cc1nccc(Br)c1N. The van der Waals surface area contributed by atoms with Gasteiger partial charge in [0.15, 0.2) is 0 Å². The van der Waals surface area contributed by atoms with Gasteiger partial charge in [-0.25, -0.2) is 0 Å². The zero-order valence-electron chi connectivity index (χ0n) is 5.06. The Kier molecular flexibility index (Phi) is 1.71. The van der Waals surface area contributed by atoms with Gasteiger partial charge in [0, 0.05) is 10.7 Å². The van der Waals surface area contributed by atoms with Crippen LogP contribution in [0.5, 0.6) is 0 Å². The molecule has 0 saturated heterocycles. The molecule has 0 unspecified atom stereocenters. The molecule has 0 aliphatic carbocycles. The number of aryl methyl sites for hydroxylation is 1. The van der Waals surface area contributed by atoms with E-state index < -0.39 is 0 Å². The average Bonchev–Trinajstić information content (AvgIpc) is 1.83. The predicted octanol–water partition coefficient (Wildman–Crippen LogP) is 1.73. The molecule has 2 N–H and O–H groups in total. The minimum atomic E-state index is 0.720. The fourth-order valence-corrected chi connectivity index (χ4v) is 0.952. The average molecular weight is 187 g/mol. The van der Waals surface area contributed by atoms with Gasteiger partial charge >= 0.3 is 0 Å². The van der Waals surface area contributed by atoms with Gasteiger partial charge in [0.05, 0.1) is 11.4 Å². The van der Waals surface area contributed by atoms with Crippen molar-refractivity contribution in [3.63, 3.8) is 0 Å². The van der Waals surface area contributed by atoms with Crippen molar-refractivity contribution in [1.29, 1.82) is 0 Å². The van der Waals surface area contributed by atoms with Crippen LogP contribution < -0.4 is 5.73 Å². The Morgan fingerprint density at radius 2 is 2.33 bits per heavy atom. The molecule has 0 atom stereocenters. The molecule has 0 aromatic carbocycles. The van der Waals surface area contributed by atoms with Crippen molar-refractivity contribution >= 4 is 21.6 Å². The minimum absolute atomic E-state index is 0.720. The Labute approximate surface area is 62.2 Å². The number of hydrogen-bond donors (Lipinski definition) is 1. The van der Waals surface area contributed by atoms with Crippen LogP contribution >= 0.6 is 15.9 Å². The fraction of sp³-hybridized carbons (Fsp3) is 0.167. The van der Waals surface area contributed by atoms with Gasteiger partial charge in [-0.05, 0) is 28.9 Å². The third kappa shape index (κ3) is 1.21. The largest absolute Gasteiger partial charge is 0.396 e. The van der Waals surface area contributed by atoms with E-state index in [9.17, 15) is 0 Å². The van der Waals surface area contributed by atoms with Gasteiger partial charge in [-0.15, -0.1) is 0 Å². The molecule has 9 heavy (non-hydrogen) atoms. The Morgan fingerprint density at radius 3 is 2.78 bits per heavy atom. The Balaban J connectivity index is 3.25. The number of nitrogen functional groups attached to an aromatic ring is 1. The molecule has 1 heterocycles.